The topological polar surface area (TPSA) is 55.4 Å². The fraction of sp³-hybridized carbons (Fsp3) is 0.333. The average Bonchev–Trinajstić information content (AvgIpc) is 3.30. The van der Waals surface area contributed by atoms with Crippen molar-refractivity contribution in [3.8, 4) is 5.75 Å². The van der Waals surface area contributed by atoms with E-state index in [1.807, 2.05) is 31.2 Å². The molecule has 1 aliphatic carbocycles. The van der Waals surface area contributed by atoms with Gasteiger partial charge in [0, 0.05) is 14.5 Å². The summed E-state index contributed by atoms with van der Waals surface area (Å²) in [6, 6.07) is 11.3. The zero-order valence-electron chi connectivity index (χ0n) is 14.0. The van der Waals surface area contributed by atoms with Gasteiger partial charge in [0.25, 0.3) is 0 Å². The average molecular weight is 489 g/mol. The van der Waals surface area contributed by atoms with E-state index in [2.05, 4.69) is 36.6 Å². The van der Waals surface area contributed by atoms with E-state index in [-0.39, 0.29) is 4.90 Å². The lowest BCUT2D eigenvalue weighted by molar-refractivity contribution is 0.401. The molecule has 0 aliphatic heterocycles. The quantitative estimate of drug-likeness (QED) is 0.647. The summed E-state index contributed by atoms with van der Waals surface area (Å²) in [5.74, 6) is 0.354. The van der Waals surface area contributed by atoms with Gasteiger partial charge in [0.15, 0.2) is 0 Å². The number of hydrogen-bond acceptors (Lipinski definition) is 3. The normalized spacial score (nSPS) is 15.8. The molecule has 0 bridgehead atoms. The van der Waals surface area contributed by atoms with Gasteiger partial charge in [-0.05, 0) is 61.6 Å². The van der Waals surface area contributed by atoms with E-state index < -0.39 is 15.6 Å². The molecule has 1 saturated carbocycles. The van der Waals surface area contributed by atoms with Gasteiger partial charge in [0.1, 0.15) is 10.6 Å². The van der Waals surface area contributed by atoms with Crippen molar-refractivity contribution < 1.29 is 13.2 Å². The van der Waals surface area contributed by atoms with Crippen molar-refractivity contribution >= 4 is 41.9 Å². The predicted octanol–water partition coefficient (Wildman–Crippen LogP) is 4.58. The Morgan fingerprint density at radius 1 is 1.16 bits per heavy atom. The zero-order chi connectivity index (χ0) is 18.2. The minimum Gasteiger partial charge on any atom is -0.495 e. The lowest BCUT2D eigenvalue weighted by Crippen LogP contribution is -2.38. The summed E-state index contributed by atoms with van der Waals surface area (Å²) >= 11 is 6.82. The SMILES string of the molecule is COc1cc(C)c(Br)cc1S(=O)(=O)NC1(Cc2ccc(Br)cc2)CC1. The maximum atomic E-state index is 13.0. The number of ether oxygens (including phenoxy) is 1. The number of aryl methyl sites for hydroxylation is 1. The molecule has 4 nitrogen and oxygen atoms in total. The fourth-order valence-electron chi connectivity index (χ4n) is 2.81. The fourth-order valence-corrected chi connectivity index (χ4v) is 5.20. The molecule has 7 heteroatoms. The minimum absolute atomic E-state index is 0.162. The van der Waals surface area contributed by atoms with E-state index in [1.54, 1.807) is 12.1 Å². The Balaban J connectivity index is 1.86. The Morgan fingerprint density at radius 2 is 1.80 bits per heavy atom. The molecule has 2 aromatic carbocycles. The highest BCUT2D eigenvalue weighted by atomic mass is 79.9. The molecule has 25 heavy (non-hydrogen) atoms. The van der Waals surface area contributed by atoms with E-state index >= 15 is 0 Å². The second kappa shape index (κ2) is 7.02. The molecule has 0 saturated heterocycles. The number of rotatable bonds is 6. The van der Waals surface area contributed by atoms with Crippen molar-refractivity contribution in [1.29, 1.82) is 0 Å². The summed E-state index contributed by atoms with van der Waals surface area (Å²) in [5.41, 5.74) is 1.63. The molecule has 134 valence electrons. The van der Waals surface area contributed by atoms with Crippen LogP contribution >= 0.6 is 31.9 Å². The van der Waals surface area contributed by atoms with Gasteiger partial charge in [-0.3, -0.25) is 0 Å². The first-order chi connectivity index (χ1) is 11.7. The maximum absolute atomic E-state index is 13.0. The Bertz CT molecular complexity index is 891. The molecule has 0 unspecified atom stereocenters. The van der Waals surface area contributed by atoms with Crippen LogP contribution in [0.3, 0.4) is 0 Å². The molecular weight excluding hydrogens is 470 g/mol. The third-order valence-corrected chi connectivity index (χ3v) is 7.38. The Kier molecular flexibility index (Phi) is 5.31. The van der Waals surface area contributed by atoms with Crippen molar-refractivity contribution in [3.63, 3.8) is 0 Å². The van der Waals surface area contributed by atoms with Gasteiger partial charge in [-0.25, -0.2) is 13.1 Å². The maximum Gasteiger partial charge on any atom is 0.244 e. The summed E-state index contributed by atoms with van der Waals surface area (Å²) in [6.07, 6.45) is 2.34. The van der Waals surface area contributed by atoms with Crippen molar-refractivity contribution in [2.75, 3.05) is 7.11 Å². The second-order valence-electron chi connectivity index (χ2n) is 6.44. The second-order valence-corrected chi connectivity index (χ2v) is 9.86. The van der Waals surface area contributed by atoms with Gasteiger partial charge in [0.2, 0.25) is 10.0 Å². The van der Waals surface area contributed by atoms with Gasteiger partial charge in [-0.1, -0.05) is 44.0 Å². The zero-order valence-corrected chi connectivity index (χ0v) is 18.0. The molecule has 0 amide bonds. The highest BCUT2D eigenvalue weighted by Crippen LogP contribution is 2.41. The summed E-state index contributed by atoms with van der Waals surface area (Å²) in [4.78, 5) is 0.162. The molecule has 3 rings (SSSR count). The number of halogens is 2. The van der Waals surface area contributed by atoms with Crippen LogP contribution in [0.15, 0.2) is 50.2 Å². The molecule has 1 N–H and O–H groups in total. The Labute approximate surface area is 165 Å². The van der Waals surface area contributed by atoms with E-state index in [0.29, 0.717) is 12.2 Å². The van der Waals surface area contributed by atoms with Crippen LogP contribution in [-0.4, -0.2) is 21.1 Å². The van der Waals surface area contributed by atoms with E-state index in [4.69, 9.17) is 4.74 Å². The summed E-state index contributed by atoms with van der Waals surface area (Å²) in [6.45, 7) is 1.90. The molecule has 0 heterocycles. The van der Waals surface area contributed by atoms with Gasteiger partial charge in [0.05, 0.1) is 7.11 Å². The molecule has 2 aromatic rings. The molecular formula is C18H19Br2NO3S. The molecule has 0 atom stereocenters. The van der Waals surface area contributed by atoms with E-state index in [1.165, 1.54) is 7.11 Å². The standard InChI is InChI=1S/C18H19Br2NO3S/c1-12-9-16(24-2)17(10-15(12)20)25(22,23)21-18(7-8-18)11-13-3-5-14(19)6-4-13/h3-6,9-10,21H,7-8,11H2,1-2H3. The van der Waals surface area contributed by atoms with Gasteiger partial charge >= 0.3 is 0 Å². The molecule has 0 aromatic heterocycles. The van der Waals surface area contributed by atoms with Crippen LogP contribution < -0.4 is 9.46 Å². The highest BCUT2D eigenvalue weighted by Gasteiger charge is 2.46. The Morgan fingerprint density at radius 3 is 2.36 bits per heavy atom. The molecule has 1 fully saturated rings. The van der Waals surface area contributed by atoms with Crippen molar-refractivity contribution in [1.82, 2.24) is 4.72 Å². The third-order valence-electron chi connectivity index (χ3n) is 4.39. The lowest BCUT2D eigenvalue weighted by atomic mass is 10.1. The smallest absolute Gasteiger partial charge is 0.244 e. The van der Waals surface area contributed by atoms with Gasteiger partial charge < -0.3 is 4.74 Å². The van der Waals surface area contributed by atoms with E-state index in [0.717, 1.165) is 32.9 Å². The van der Waals surface area contributed by atoms with Crippen LogP contribution in [0.5, 0.6) is 5.75 Å². The largest absolute Gasteiger partial charge is 0.495 e. The highest BCUT2D eigenvalue weighted by molar-refractivity contribution is 9.10. The molecule has 1 aliphatic rings. The summed E-state index contributed by atoms with van der Waals surface area (Å²) in [5, 5.41) is 0. The number of sulfonamides is 1. The number of methoxy groups -OCH3 is 1. The lowest BCUT2D eigenvalue weighted by Gasteiger charge is -2.19. The third kappa shape index (κ3) is 4.27. The number of hydrogen-bond donors (Lipinski definition) is 1. The van der Waals surface area contributed by atoms with Crippen molar-refractivity contribution in [3.05, 3.63) is 56.5 Å². The van der Waals surface area contributed by atoms with Crippen LogP contribution in [0.4, 0.5) is 0 Å². The summed E-state index contributed by atoms with van der Waals surface area (Å²) < 4.78 is 35.9. The van der Waals surface area contributed by atoms with Crippen LogP contribution in [0.1, 0.15) is 24.0 Å². The first-order valence-corrected chi connectivity index (χ1v) is 10.9. The van der Waals surface area contributed by atoms with Crippen LogP contribution in [0.2, 0.25) is 0 Å². The first-order valence-electron chi connectivity index (χ1n) is 7.87. The van der Waals surface area contributed by atoms with Crippen LogP contribution in [0, 0.1) is 6.92 Å². The van der Waals surface area contributed by atoms with Crippen LogP contribution in [-0.2, 0) is 16.4 Å². The Hall–Kier alpha value is -0.890. The molecule has 0 radical (unpaired) electrons. The van der Waals surface area contributed by atoms with Gasteiger partial charge in [-0.2, -0.15) is 0 Å². The van der Waals surface area contributed by atoms with Gasteiger partial charge in [-0.15, -0.1) is 0 Å². The summed E-state index contributed by atoms with van der Waals surface area (Å²) in [7, 11) is -2.20. The van der Waals surface area contributed by atoms with Crippen LogP contribution in [0.25, 0.3) is 0 Å². The van der Waals surface area contributed by atoms with Crippen molar-refractivity contribution in [2.24, 2.45) is 0 Å². The predicted molar refractivity (Wildman–Crippen MR) is 106 cm³/mol. The number of benzene rings is 2. The van der Waals surface area contributed by atoms with E-state index in [9.17, 15) is 8.42 Å². The molecule has 0 spiro atoms. The number of nitrogens with one attached hydrogen (secondary N) is 1. The monoisotopic (exact) mass is 487 g/mol. The first kappa shape index (κ1) is 18.9. The van der Waals surface area contributed by atoms with Crippen molar-refractivity contribution in [2.45, 2.75) is 36.6 Å². The minimum atomic E-state index is -3.68.